The SMILES string of the molecule is COC(=O)OC[C@H](N)C(=O)OCc1ccccc1. The van der Waals surface area contributed by atoms with E-state index in [1.807, 2.05) is 30.3 Å². The van der Waals surface area contributed by atoms with Crippen LogP contribution >= 0.6 is 0 Å². The molecule has 0 heterocycles. The molecule has 2 N–H and O–H groups in total. The lowest BCUT2D eigenvalue weighted by atomic mass is 10.2. The third kappa shape index (κ3) is 4.84. The van der Waals surface area contributed by atoms with Crippen LogP contribution in [-0.4, -0.2) is 31.9 Å². The van der Waals surface area contributed by atoms with E-state index in [2.05, 4.69) is 9.47 Å². The molecule has 0 aromatic heterocycles. The largest absolute Gasteiger partial charge is 0.508 e. The first-order chi connectivity index (χ1) is 8.63. The van der Waals surface area contributed by atoms with Crippen LogP contribution in [0.1, 0.15) is 5.56 Å². The molecule has 0 aliphatic rings. The van der Waals surface area contributed by atoms with Crippen LogP contribution in [0.3, 0.4) is 0 Å². The van der Waals surface area contributed by atoms with Crippen LogP contribution in [-0.2, 0) is 25.6 Å². The number of benzene rings is 1. The van der Waals surface area contributed by atoms with Crippen molar-refractivity contribution in [2.45, 2.75) is 12.6 Å². The van der Waals surface area contributed by atoms with E-state index in [0.717, 1.165) is 5.56 Å². The Balaban J connectivity index is 2.30. The summed E-state index contributed by atoms with van der Waals surface area (Å²) in [5, 5.41) is 0. The lowest BCUT2D eigenvalue weighted by Crippen LogP contribution is -2.37. The maximum Gasteiger partial charge on any atom is 0.508 e. The number of rotatable bonds is 5. The van der Waals surface area contributed by atoms with Gasteiger partial charge in [-0.2, -0.15) is 0 Å². The first kappa shape index (κ1) is 14.0. The summed E-state index contributed by atoms with van der Waals surface area (Å²) in [5.74, 6) is -0.636. The summed E-state index contributed by atoms with van der Waals surface area (Å²) in [5.41, 5.74) is 6.33. The molecular formula is C12H15NO5. The lowest BCUT2D eigenvalue weighted by molar-refractivity contribution is -0.147. The van der Waals surface area contributed by atoms with Crippen molar-refractivity contribution in [1.82, 2.24) is 0 Å². The smallest absolute Gasteiger partial charge is 0.460 e. The normalized spacial score (nSPS) is 11.4. The van der Waals surface area contributed by atoms with Gasteiger partial charge in [-0.3, -0.25) is 4.79 Å². The van der Waals surface area contributed by atoms with Crippen molar-refractivity contribution in [1.29, 1.82) is 0 Å². The predicted molar refractivity (Wildman–Crippen MR) is 62.6 cm³/mol. The summed E-state index contributed by atoms with van der Waals surface area (Å²) in [4.78, 5) is 22.1. The first-order valence-electron chi connectivity index (χ1n) is 5.30. The zero-order chi connectivity index (χ0) is 13.4. The minimum absolute atomic E-state index is 0.131. The standard InChI is InChI=1S/C12H15NO5/c1-16-12(15)18-8-10(13)11(14)17-7-9-5-3-2-4-6-9/h2-6,10H,7-8,13H2,1H3/t10-/m0/s1. The Morgan fingerprint density at radius 2 is 1.89 bits per heavy atom. The zero-order valence-corrected chi connectivity index (χ0v) is 10.00. The highest BCUT2D eigenvalue weighted by Crippen LogP contribution is 2.01. The van der Waals surface area contributed by atoms with Crippen LogP contribution in [0.4, 0.5) is 4.79 Å². The number of ether oxygens (including phenoxy) is 3. The highest BCUT2D eigenvalue weighted by atomic mass is 16.7. The number of carbonyl (C=O) groups is 2. The Morgan fingerprint density at radius 1 is 1.22 bits per heavy atom. The van der Waals surface area contributed by atoms with E-state index in [1.54, 1.807) is 0 Å². The van der Waals surface area contributed by atoms with E-state index in [1.165, 1.54) is 7.11 Å². The van der Waals surface area contributed by atoms with Crippen LogP contribution in [0, 0.1) is 0 Å². The Labute approximate surface area is 105 Å². The molecule has 1 rings (SSSR count). The van der Waals surface area contributed by atoms with Gasteiger partial charge in [0.2, 0.25) is 0 Å². The predicted octanol–water partition coefficient (Wildman–Crippen LogP) is 0.840. The third-order valence-corrected chi connectivity index (χ3v) is 2.07. The van der Waals surface area contributed by atoms with Gasteiger partial charge in [-0.05, 0) is 5.56 Å². The van der Waals surface area contributed by atoms with Gasteiger partial charge in [-0.15, -0.1) is 0 Å². The topological polar surface area (TPSA) is 87.9 Å². The average molecular weight is 253 g/mol. The second-order valence-electron chi connectivity index (χ2n) is 3.46. The Morgan fingerprint density at radius 3 is 2.50 bits per heavy atom. The van der Waals surface area contributed by atoms with Crippen LogP contribution in [0.2, 0.25) is 0 Å². The Bertz CT molecular complexity index is 393. The fraction of sp³-hybridized carbons (Fsp3) is 0.333. The molecule has 18 heavy (non-hydrogen) atoms. The lowest BCUT2D eigenvalue weighted by Gasteiger charge is -2.11. The van der Waals surface area contributed by atoms with Crippen molar-refractivity contribution >= 4 is 12.1 Å². The van der Waals surface area contributed by atoms with E-state index in [9.17, 15) is 9.59 Å². The van der Waals surface area contributed by atoms with Gasteiger partial charge < -0.3 is 19.9 Å². The van der Waals surface area contributed by atoms with Gasteiger partial charge >= 0.3 is 12.1 Å². The van der Waals surface area contributed by atoms with Gasteiger partial charge in [0.05, 0.1) is 7.11 Å². The molecule has 0 amide bonds. The highest BCUT2D eigenvalue weighted by Gasteiger charge is 2.17. The second kappa shape index (κ2) is 7.29. The van der Waals surface area contributed by atoms with Crippen LogP contribution in [0.5, 0.6) is 0 Å². The van der Waals surface area contributed by atoms with Crippen molar-refractivity contribution in [2.75, 3.05) is 13.7 Å². The maximum absolute atomic E-state index is 11.4. The number of esters is 1. The molecule has 0 fully saturated rings. The summed E-state index contributed by atoms with van der Waals surface area (Å²) >= 11 is 0. The van der Waals surface area contributed by atoms with E-state index in [0.29, 0.717) is 0 Å². The summed E-state index contributed by atoms with van der Waals surface area (Å²) < 4.78 is 13.7. The van der Waals surface area contributed by atoms with Gasteiger partial charge in [0, 0.05) is 0 Å². The van der Waals surface area contributed by atoms with Crippen molar-refractivity contribution in [3.63, 3.8) is 0 Å². The third-order valence-electron chi connectivity index (χ3n) is 2.07. The number of nitrogens with two attached hydrogens (primary N) is 1. The molecule has 98 valence electrons. The summed E-state index contributed by atoms with van der Waals surface area (Å²) in [6.07, 6.45) is -0.888. The fourth-order valence-electron chi connectivity index (χ4n) is 1.12. The molecule has 1 aromatic rings. The molecule has 0 aliphatic heterocycles. The number of methoxy groups -OCH3 is 1. The number of hydrogen-bond donors (Lipinski definition) is 1. The second-order valence-corrected chi connectivity index (χ2v) is 3.46. The molecule has 0 radical (unpaired) electrons. The summed E-state index contributed by atoms with van der Waals surface area (Å²) in [6, 6.07) is 8.16. The zero-order valence-electron chi connectivity index (χ0n) is 10.00. The molecule has 0 spiro atoms. The van der Waals surface area contributed by atoms with Gasteiger partial charge in [0.25, 0.3) is 0 Å². The monoisotopic (exact) mass is 253 g/mol. The number of hydrogen-bond acceptors (Lipinski definition) is 6. The van der Waals surface area contributed by atoms with Gasteiger partial charge in [-0.25, -0.2) is 4.79 Å². The van der Waals surface area contributed by atoms with Crippen molar-refractivity contribution in [3.8, 4) is 0 Å². The van der Waals surface area contributed by atoms with Crippen molar-refractivity contribution in [2.24, 2.45) is 5.73 Å². The summed E-state index contributed by atoms with van der Waals surface area (Å²) in [7, 11) is 1.17. The van der Waals surface area contributed by atoms with Crippen LogP contribution in [0.15, 0.2) is 30.3 Å². The molecule has 6 nitrogen and oxygen atoms in total. The first-order valence-corrected chi connectivity index (χ1v) is 5.30. The molecular weight excluding hydrogens is 238 g/mol. The Kier molecular flexibility index (Phi) is 5.66. The molecule has 0 bridgehead atoms. The molecule has 0 saturated carbocycles. The number of carbonyl (C=O) groups excluding carboxylic acids is 2. The van der Waals surface area contributed by atoms with Gasteiger partial charge in [-0.1, -0.05) is 30.3 Å². The Hall–Kier alpha value is -2.08. The van der Waals surface area contributed by atoms with Crippen LogP contribution in [0.25, 0.3) is 0 Å². The van der Waals surface area contributed by atoms with Crippen molar-refractivity contribution in [3.05, 3.63) is 35.9 Å². The molecule has 1 aromatic carbocycles. The van der Waals surface area contributed by atoms with Crippen molar-refractivity contribution < 1.29 is 23.8 Å². The quantitative estimate of drug-likeness (QED) is 0.782. The molecule has 0 unspecified atom stereocenters. The summed E-state index contributed by atoms with van der Waals surface area (Å²) in [6.45, 7) is -0.147. The van der Waals surface area contributed by atoms with E-state index in [4.69, 9.17) is 10.5 Å². The molecule has 1 atom stereocenters. The van der Waals surface area contributed by atoms with Gasteiger partial charge in [0.1, 0.15) is 19.3 Å². The molecule has 0 saturated heterocycles. The molecule has 6 heteroatoms. The van der Waals surface area contributed by atoms with E-state index < -0.39 is 18.2 Å². The minimum atomic E-state index is -1.02. The molecule has 0 aliphatic carbocycles. The highest BCUT2D eigenvalue weighted by molar-refractivity contribution is 5.76. The van der Waals surface area contributed by atoms with Crippen LogP contribution < -0.4 is 5.73 Å². The maximum atomic E-state index is 11.4. The van der Waals surface area contributed by atoms with E-state index >= 15 is 0 Å². The minimum Gasteiger partial charge on any atom is -0.460 e. The van der Waals surface area contributed by atoms with Gasteiger partial charge in [0.15, 0.2) is 0 Å². The average Bonchev–Trinajstić information content (AvgIpc) is 2.42. The van der Waals surface area contributed by atoms with E-state index in [-0.39, 0.29) is 13.2 Å². The fourth-order valence-corrected chi connectivity index (χ4v) is 1.12.